The number of ether oxygens (including phenoxy) is 1. The Balaban J connectivity index is 1.69. The topological polar surface area (TPSA) is 75.7 Å². The van der Waals surface area contributed by atoms with Crippen LogP contribution in [0.3, 0.4) is 0 Å². The van der Waals surface area contributed by atoms with Gasteiger partial charge in [-0.1, -0.05) is 24.3 Å². The van der Waals surface area contributed by atoms with E-state index in [1.807, 2.05) is 29.6 Å². The molecule has 0 aliphatic heterocycles. The fourth-order valence-electron chi connectivity index (χ4n) is 2.75. The van der Waals surface area contributed by atoms with Gasteiger partial charge in [-0.3, -0.25) is 4.79 Å². The Hall–Kier alpha value is -2.68. The molecule has 0 fully saturated rings. The van der Waals surface area contributed by atoms with E-state index in [4.69, 9.17) is 4.74 Å². The molecule has 0 spiro atoms. The highest BCUT2D eigenvalue weighted by atomic mass is 32.2. The van der Waals surface area contributed by atoms with Crippen LogP contribution in [-0.4, -0.2) is 28.0 Å². The van der Waals surface area contributed by atoms with Crippen molar-refractivity contribution in [3.05, 3.63) is 77.0 Å². The molecule has 0 saturated carbocycles. The second-order valence-electron chi connectivity index (χ2n) is 6.22. The van der Waals surface area contributed by atoms with Crippen LogP contribution < -0.4 is 14.4 Å². The third kappa shape index (κ3) is 5.66. The Labute approximate surface area is 174 Å². The lowest BCUT2D eigenvalue weighted by molar-refractivity contribution is -0.118. The van der Waals surface area contributed by atoms with Gasteiger partial charge in [0.05, 0.1) is 18.6 Å². The van der Waals surface area contributed by atoms with E-state index in [-0.39, 0.29) is 23.8 Å². The Kier molecular flexibility index (Phi) is 7.03. The van der Waals surface area contributed by atoms with Gasteiger partial charge in [0.15, 0.2) is 0 Å². The van der Waals surface area contributed by atoms with Crippen molar-refractivity contribution in [2.75, 3.05) is 18.6 Å². The van der Waals surface area contributed by atoms with Crippen molar-refractivity contribution < 1.29 is 17.9 Å². The predicted octanol–water partition coefficient (Wildman–Crippen LogP) is 3.66. The van der Waals surface area contributed by atoms with Gasteiger partial charge in [-0.25, -0.2) is 13.1 Å². The number of carbonyl (C=O) groups excluding carboxylic acids is 1. The maximum atomic E-state index is 12.9. The summed E-state index contributed by atoms with van der Waals surface area (Å²) in [6.45, 7) is 0.446. The summed E-state index contributed by atoms with van der Waals surface area (Å²) >= 11 is 1.57. The molecule has 6 nitrogen and oxygen atoms in total. The second-order valence-corrected chi connectivity index (χ2v) is 9.02. The predicted molar refractivity (Wildman–Crippen MR) is 115 cm³/mol. The number of nitrogens with zero attached hydrogens (tertiary/aromatic N) is 1. The molecule has 0 atom stereocenters. The zero-order valence-electron chi connectivity index (χ0n) is 15.9. The molecule has 3 rings (SSSR count). The number of hydrogen-bond acceptors (Lipinski definition) is 5. The number of amides is 1. The van der Waals surface area contributed by atoms with E-state index < -0.39 is 10.0 Å². The minimum atomic E-state index is -3.64. The van der Waals surface area contributed by atoms with Crippen molar-refractivity contribution >= 4 is 33.0 Å². The van der Waals surface area contributed by atoms with Gasteiger partial charge in [0, 0.05) is 23.5 Å². The van der Waals surface area contributed by atoms with Gasteiger partial charge in [0.2, 0.25) is 15.9 Å². The molecule has 3 aromatic rings. The molecule has 0 saturated heterocycles. The van der Waals surface area contributed by atoms with Gasteiger partial charge in [0.1, 0.15) is 5.75 Å². The van der Waals surface area contributed by atoms with Crippen LogP contribution in [0.25, 0.3) is 0 Å². The zero-order chi connectivity index (χ0) is 20.7. The van der Waals surface area contributed by atoms with Gasteiger partial charge >= 0.3 is 0 Å². The van der Waals surface area contributed by atoms with Crippen molar-refractivity contribution in [2.45, 2.75) is 17.9 Å². The summed E-state index contributed by atoms with van der Waals surface area (Å²) in [5.41, 5.74) is 0.732. The van der Waals surface area contributed by atoms with E-state index in [1.165, 1.54) is 12.1 Å². The average molecular weight is 431 g/mol. The number of carbonyl (C=O) groups is 1. The third-order valence-electron chi connectivity index (χ3n) is 4.26. The molecule has 1 aromatic heterocycles. The van der Waals surface area contributed by atoms with Crippen LogP contribution >= 0.6 is 11.3 Å². The summed E-state index contributed by atoms with van der Waals surface area (Å²) in [4.78, 5) is 15.8. The van der Waals surface area contributed by atoms with Crippen LogP contribution in [0.5, 0.6) is 5.75 Å². The number of methoxy groups -OCH3 is 1. The van der Waals surface area contributed by atoms with Gasteiger partial charge < -0.3 is 9.64 Å². The number of sulfonamides is 1. The van der Waals surface area contributed by atoms with Crippen molar-refractivity contribution in [1.82, 2.24) is 4.72 Å². The highest BCUT2D eigenvalue weighted by molar-refractivity contribution is 7.89. The summed E-state index contributed by atoms with van der Waals surface area (Å²) in [6, 6.07) is 19.2. The average Bonchev–Trinajstić information content (AvgIpc) is 3.26. The molecule has 0 aliphatic rings. The van der Waals surface area contributed by atoms with Crippen LogP contribution in [-0.2, 0) is 21.4 Å². The number of benzene rings is 2. The summed E-state index contributed by atoms with van der Waals surface area (Å²) in [6.07, 6.45) is 0.0451. The molecule has 0 radical (unpaired) electrons. The van der Waals surface area contributed by atoms with Crippen LogP contribution in [0.2, 0.25) is 0 Å². The van der Waals surface area contributed by atoms with E-state index in [1.54, 1.807) is 53.7 Å². The van der Waals surface area contributed by atoms with Crippen LogP contribution in [0.1, 0.15) is 11.3 Å². The molecule has 8 heteroatoms. The number of rotatable bonds is 9. The molecule has 1 heterocycles. The zero-order valence-corrected chi connectivity index (χ0v) is 17.6. The fraction of sp³-hybridized carbons (Fsp3) is 0.190. The fourth-order valence-corrected chi connectivity index (χ4v) is 4.50. The monoisotopic (exact) mass is 430 g/mol. The quantitative estimate of drug-likeness (QED) is 0.562. The molecule has 1 amide bonds. The minimum Gasteiger partial charge on any atom is -0.497 e. The van der Waals surface area contributed by atoms with Crippen molar-refractivity contribution in [2.24, 2.45) is 0 Å². The number of nitrogens with one attached hydrogen (secondary N) is 1. The van der Waals surface area contributed by atoms with E-state index in [2.05, 4.69) is 4.72 Å². The van der Waals surface area contributed by atoms with Gasteiger partial charge in [0.25, 0.3) is 0 Å². The second kappa shape index (κ2) is 9.69. The van der Waals surface area contributed by atoms with Gasteiger partial charge in [-0.15, -0.1) is 11.3 Å². The van der Waals surface area contributed by atoms with Gasteiger partial charge in [-0.05, 0) is 47.8 Å². The number of hydrogen-bond donors (Lipinski definition) is 1. The first-order valence-electron chi connectivity index (χ1n) is 9.01. The van der Waals surface area contributed by atoms with Crippen LogP contribution in [0.15, 0.2) is 77.0 Å². The highest BCUT2D eigenvalue weighted by Crippen LogP contribution is 2.23. The van der Waals surface area contributed by atoms with Crippen molar-refractivity contribution in [3.8, 4) is 5.75 Å². The maximum Gasteiger partial charge on any atom is 0.240 e. The summed E-state index contributed by atoms with van der Waals surface area (Å²) in [5, 5.41) is 1.96. The maximum absolute atomic E-state index is 12.9. The Morgan fingerprint density at radius 2 is 1.76 bits per heavy atom. The first kappa shape index (κ1) is 21.0. The third-order valence-corrected chi connectivity index (χ3v) is 6.60. The lowest BCUT2D eigenvalue weighted by atomic mass is 10.2. The number of anilines is 1. The first-order chi connectivity index (χ1) is 14.0. The minimum absolute atomic E-state index is 0.0210. The van der Waals surface area contributed by atoms with Crippen LogP contribution in [0.4, 0.5) is 5.69 Å². The summed E-state index contributed by atoms with van der Waals surface area (Å²) < 4.78 is 32.3. The van der Waals surface area contributed by atoms with Gasteiger partial charge in [-0.2, -0.15) is 0 Å². The molecule has 2 aromatic carbocycles. The van der Waals surface area contributed by atoms with E-state index >= 15 is 0 Å². The van der Waals surface area contributed by atoms with Crippen LogP contribution in [0, 0.1) is 0 Å². The first-order valence-corrected chi connectivity index (χ1v) is 11.4. The van der Waals surface area contributed by atoms with E-state index in [9.17, 15) is 13.2 Å². The molecule has 29 heavy (non-hydrogen) atoms. The smallest absolute Gasteiger partial charge is 0.240 e. The van der Waals surface area contributed by atoms with E-state index in [0.29, 0.717) is 12.3 Å². The Bertz CT molecular complexity index is 1020. The lowest BCUT2D eigenvalue weighted by Crippen LogP contribution is -2.34. The molecule has 0 bridgehead atoms. The summed E-state index contributed by atoms with van der Waals surface area (Å²) in [7, 11) is -2.05. The molecule has 0 aliphatic carbocycles. The summed E-state index contributed by atoms with van der Waals surface area (Å²) in [5.74, 6) is 0.534. The molecule has 152 valence electrons. The Morgan fingerprint density at radius 3 is 2.38 bits per heavy atom. The highest BCUT2D eigenvalue weighted by Gasteiger charge is 2.19. The lowest BCUT2D eigenvalue weighted by Gasteiger charge is -2.23. The molecular formula is C21H22N2O4S2. The molecule has 0 unspecified atom stereocenters. The van der Waals surface area contributed by atoms with Crippen molar-refractivity contribution in [1.29, 1.82) is 0 Å². The molecule has 1 N–H and O–H groups in total. The normalized spacial score (nSPS) is 11.2. The van der Waals surface area contributed by atoms with Crippen molar-refractivity contribution in [3.63, 3.8) is 0 Å². The standard InChI is InChI=1S/C21H22N2O4S2/c1-27-18-11-9-17(10-12-18)23(16-19-6-5-15-28-19)21(24)13-14-22-29(25,26)20-7-3-2-4-8-20/h2-12,15,22H,13-14,16H2,1H3. The van der Waals surface area contributed by atoms with E-state index in [0.717, 1.165) is 10.6 Å². The SMILES string of the molecule is COc1ccc(N(Cc2cccs2)C(=O)CCNS(=O)(=O)c2ccccc2)cc1. The number of thiophene rings is 1. The molecular weight excluding hydrogens is 408 g/mol. The largest absolute Gasteiger partial charge is 0.497 e. The Morgan fingerprint density at radius 1 is 1.03 bits per heavy atom.